The molecule has 3 rings (SSSR count). The van der Waals surface area contributed by atoms with Gasteiger partial charge in [-0.05, 0) is 36.4 Å². The van der Waals surface area contributed by atoms with Crippen molar-refractivity contribution in [3.63, 3.8) is 0 Å². The van der Waals surface area contributed by atoms with E-state index in [0.717, 1.165) is 18.2 Å². The first kappa shape index (κ1) is 20.6. The summed E-state index contributed by atoms with van der Waals surface area (Å²) in [4.78, 5) is 31.1. The van der Waals surface area contributed by atoms with Crippen molar-refractivity contribution in [1.82, 2.24) is 9.97 Å². The molecule has 0 unspecified atom stereocenters. The molecule has 10 heteroatoms. The second-order valence-electron chi connectivity index (χ2n) is 6.30. The van der Waals surface area contributed by atoms with Gasteiger partial charge in [-0.3, -0.25) is 9.59 Å². The number of anilines is 4. The number of aromatic nitrogens is 2. The molecule has 1 heterocycles. The molecule has 0 bridgehead atoms. The van der Waals surface area contributed by atoms with Crippen LogP contribution in [-0.4, -0.2) is 21.8 Å². The Labute approximate surface area is 170 Å². The second-order valence-corrected chi connectivity index (χ2v) is 6.30. The van der Waals surface area contributed by atoms with Crippen LogP contribution in [0.5, 0.6) is 0 Å². The molecule has 0 saturated heterocycles. The predicted molar refractivity (Wildman–Crippen MR) is 108 cm³/mol. The van der Waals surface area contributed by atoms with Gasteiger partial charge in [0.25, 0.3) is 5.91 Å². The van der Waals surface area contributed by atoms with Gasteiger partial charge in [0.2, 0.25) is 11.9 Å². The number of nitrogens with two attached hydrogens (primary N) is 1. The molecule has 0 radical (unpaired) electrons. The Hall–Kier alpha value is -4.08. The molecule has 1 aromatic heterocycles. The number of hydrogen-bond acceptors (Lipinski definition) is 6. The first-order valence-corrected chi connectivity index (χ1v) is 8.81. The highest BCUT2D eigenvalue weighted by Crippen LogP contribution is 2.21. The average Bonchev–Trinajstić information content (AvgIpc) is 2.68. The molecule has 0 aliphatic heterocycles. The summed E-state index contributed by atoms with van der Waals surface area (Å²) < 4.78 is 27.2. The van der Waals surface area contributed by atoms with E-state index in [4.69, 9.17) is 5.73 Å². The van der Waals surface area contributed by atoms with Gasteiger partial charge < -0.3 is 21.7 Å². The number of nitrogens with zero attached hydrogens (tertiary/aromatic N) is 2. The van der Waals surface area contributed by atoms with Crippen molar-refractivity contribution in [2.75, 3.05) is 16.0 Å². The SMILES string of the molecule is CC(=O)Nc1cccc(Nc2ncc(C(N)=O)c(NCc3cc(F)ccc3F)n2)c1. The molecule has 0 spiro atoms. The van der Waals surface area contributed by atoms with Crippen LogP contribution in [0.1, 0.15) is 22.8 Å². The number of primary amides is 1. The van der Waals surface area contributed by atoms with E-state index in [1.54, 1.807) is 24.3 Å². The Morgan fingerprint density at radius 1 is 1.10 bits per heavy atom. The number of nitrogens with one attached hydrogen (secondary N) is 3. The standard InChI is InChI=1S/C20H18F2N6O2/c1-11(29)26-14-3-2-4-15(8-14)27-20-25-10-16(18(23)30)19(28-20)24-9-12-7-13(21)5-6-17(12)22/h2-8,10H,9H2,1H3,(H2,23,30)(H,26,29)(H2,24,25,27,28). The quantitative estimate of drug-likeness (QED) is 0.473. The van der Waals surface area contributed by atoms with Crippen molar-refractivity contribution in [2.45, 2.75) is 13.5 Å². The van der Waals surface area contributed by atoms with Gasteiger partial charge in [-0.1, -0.05) is 6.07 Å². The zero-order valence-corrected chi connectivity index (χ0v) is 15.9. The topological polar surface area (TPSA) is 122 Å². The smallest absolute Gasteiger partial charge is 0.254 e. The molecule has 0 fully saturated rings. The van der Waals surface area contributed by atoms with Crippen LogP contribution in [-0.2, 0) is 11.3 Å². The molecule has 0 aliphatic carbocycles. The predicted octanol–water partition coefficient (Wildman–Crippen LogP) is 3.17. The maximum absolute atomic E-state index is 13.9. The molecule has 0 saturated carbocycles. The summed E-state index contributed by atoms with van der Waals surface area (Å²) in [6.45, 7) is 1.27. The summed E-state index contributed by atoms with van der Waals surface area (Å²) in [7, 11) is 0. The molecular formula is C20H18F2N6O2. The zero-order valence-electron chi connectivity index (χ0n) is 15.9. The Morgan fingerprint density at radius 2 is 1.87 bits per heavy atom. The van der Waals surface area contributed by atoms with E-state index in [-0.39, 0.29) is 35.3 Å². The van der Waals surface area contributed by atoms with E-state index in [1.165, 1.54) is 13.1 Å². The van der Waals surface area contributed by atoms with Crippen molar-refractivity contribution in [3.8, 4) is 0 Å². The van der Waals surface area contributed by atoms with Crippen molar-refractivity contribution in [3.05, 3.63) is 71.4 Å². The lowest BCUT2D eigenvalue weighted by atomic mass is 10.2. The Balaban J connectivity index is 1.83. The van der Waals surface area contributed by atoms with E-state index >= 15 is 0 Å². The lowest BCUT2D eigenvalue weighted by Gasteiger charge is -2.12. The molecule has 0 aliphatic rings. The highest BCUT2D eigenvalue weighted by atomic mass is 19.1. The third-order valence-corrected chi connectivity index (χ3v) is 3.95. The summed E-state index contributed by atoms with van der Waals surface area (Å²) >= 11 is 0. The Kier molecular flexibility index (Phi) is 6.16. The van der Waals surface area contributed by atoms with E-state index in [2.05, 4.69) is 25.9 Å². The van der Waals surface area contributed by atoms with Crippen molar-refractivity contribution in [2.24, 2.45) is 5.73 Å². The highest BCUT2D eigenvalue weighted by molar-refractivity contribution is 5.97. The van der Waals surface area contributed by atoms with Gasteiger partial charge >= 0.3 is 0 Å². The first-order valence-electron chi connectivity index (χ1n) is 8.81. The monoisotopic (exact) mass is 412 g/mol. The van der Waals surface area contributed by atoms with Crippen LogP contribution in [0.3, 0.4) is 0 Å². The molecular weight excluding hydrogens is 394 g/mol. The van der Waals surface area contributed by atoms with Crippen LogP contribution in [0.15, 0.2) is 48.7 Å². The fourth-order valence-electron chi connectivity index (χ4n) is 2.62. The first-order chi connectivity index (χ1) is 14.3. The van der Waals surface area contributed by atoms with Gasteiger partial charge in [0.1, 0.15) is 17.5 Å². The summed E-state index contributed by atoms with van der Waals surface area (Å²) in [5.74, 6) is -2.01. The second kappa shape index (κ2) is 8.95. The van der Waals surface area contributed by atoms with Gasteiger partial charge in [0.05, 0.1) is 5.56 Å². The van der Waals surface area contributed by atoms with E-state index in [0.29, 0.717) is 11.4 Å². The molecule has 2 aromatic carbocycles. The average molecular weight is 412 g/mol. The van der Waals surface area contributed by atoms with Crippen LogP contribution < -0.4 is 21.7 Å². The number of hydrogen-bond donors (Lipinski definition) is 4. The minimum atomic E-state index is -0.781. The van der Waals surface area contributed by atoms with Crippen LogP contribution in [0.2, 0.25) is 0 Å². The summed E-state index contributed by atoms with van der Waals surface area (Å²) in [5, 5.41) is 8.39. The fraction of sp³-hybridized carbons (Fsp3) is 0.100. The molecule has 30 heavy (non-hydrogen) atoms. The van der Waals surface area contributed by atoms with Crippen molar-refractivity contribution >= 4 is 35.0 Å². The lowest BCUT2D eigenvalue weighted by Crippen LogP contribution is -2.17. The van der Waals surface area contributed by atoms with Crippen LogP contribution in [0.4, 0.5) is 31.9 Å². The normalized spacial score (nSPS) is 10.4. The van der Waals surface area contributed by atoms with Gasteiger partial charge in [-0.25, -0.2) is 13.8 Å². The van der Waals surface area contributed by atoms with Crippen molar-refractivity contribution < 1.29 is 18.4 Å². The summed E-state index contributed by atoms with van der Waals surface area (Å²) in [5.41, 5.74) is 6.55. The van der Waals surface area contributed by atoms with Gasteiger partial charge in [0, 0.05) is 36.6 Å². The van der Waals surface area contributed by atoms with E-state index in [1.807, 2.05) is 0 Å². The van der Waals surface area contributed by atoms with Gasteiger partial charge in [-0.15, -0.1) is 0 Å². The molecule has 3 aromatic rings. The van der Waals surface area contributed by atoms with Crippen LogP contribution >= 0.6 is 0 Å². The minimum absolute atomic E-state index is 0.00985. The molecule has 154 valence electrons. The number of carbonyl (C=O) groups is 2. The van der Waals surface area contributed by atoms with E-state index in [9.17, 15) is 18.4 Å². The number of benzene rings is 2. The maximum atomic E-state index is 13.9. The van der Waals surface area contributed by atoms with Gasteiger partial charge in [-0.2, -0.15) is 4.98 Å². The zero-order chi connectivity index (χ0) is 21.7. The number of carbonyl (C=O) groups excluding carboxylic acids is 2. The Morgan fingerprint density at radius 3 is 2.60 bits per heavy atom. The highest BCUT2D eigenvalue weighted by Gasteiger charge is 2.13. The molecule has 5 N–H and O–H groups in total. The third kappa shape index (κ3) is 5.25. The molecule has 2 amide bonds. The minimum Gasteiger partial charge on any atom is -0.365 e. The van der Waals surface area contributed by atoms with Gasteiger partial charge in [0.15, 0.2) is 0 Å². The van der Waals surface area contributed by atoms with Crippen LogP contribution in [0.25, 0.3) is 0 Å². The number of halogens is 2. The lowest BCUT2D eigenvalue weighted by molar-refractivity contribution is -0.114. The van der Waals surface area contributed by atoms with E-state index < -0.39 is 17.5 Å². The summed E-state index contributed by atoms with van der Waals surface area (Å²) in [6, 6.07) is 9.89. The molecule has 8 nitrogen and oxygen atoms in total. The van der Waals surface area contributed by atoms with Crippen molar-refractivity contribution in [1.29, 1.82) is 0 Å². The number of amides is 2. The fourth-order valence-corrected chi connectivity index (χ4v) is 2.62. The third-order valence-electron chi connectivity index (χ3n) is 3.95. The maximum Gasteiger partial charge on any atom is 0.254 e. The van der Waals surface area contributed by atoms with Crippen LogP contribution in [0, 0.1) is 11.6 Å². The Bertz CT molecular complexity index is 1110. The summed E-state index contributed by atoms with van der Waals surface area (Å²) in [6.07, 6.45) is 1.22. The number of rotatable bonds is 7. The molecule has 0 atom stereocenters. The largest absolute Gasteiger partial charge is 0.365 e.